The molecular formula is C15H16O2. The number of aromatic carboxylic acids is 1. The minimum atomic E-state index is -0.853. The fourth-order valence-electron chi connectivity index (χ4n) is 2.09. The van der Waals surface area contributed by atoms with E-state index in [4.69, 9.17) is 5.11 Å². The Morgan fingerprint density at radius 2 is 2.00 bits per heavy atom. The van der Waals surface area contributed by atoms with Crippen LogP contribution in [0.2, 0.25) is 0 Å². The van der Waals surface area contributed by atoms with E-state index in [9.17, 15) is 4.79 Å². The Kier molecular flexibility index (Phi) is 3.43. The molecule has 2 heteroatoms. The van der Waals surface area contributed by atoms with Crippen molar-refractivity contribution >= 4 is 16.7 Å². The maximum Gasteiger partial charge on any atom is 0.335 e. The average molecular weight is 228 g/mol. The molecule has 0 spiro atoms. The predicted molar refractivity (Wildman–Crippen MR) is 69.5 cm³/mol. The molecule has 0 amide bonds. The molecule has 1 N–H and O–H groups in total. The summed E-state index contributed by atoms with van der Waals surface area (Å²) in [5, 5.41) is 11.3. The molecule has 2 aromatic carbocycles. The van der Waals surface area contributed by atoms with Crippen LogP contribution in [0, 0.1) is 0 Å². The van der Waals surface area contributed by atoms with E-state index < -0.39 is 5.97 Å². The van der Waals surface area contributed by atoms with Crippen LogP contribution < -0.4 is 0 Å². The van der Waals surface area contributed by atoms with Crippen LogP contribution in [-0.4, -0.2) is 11.1 Å². The number of rotatable bonds is 4. The Hall–Kier alpha value is -1.83. The van der Waals surface area contributed by atoms with Gasteiger partial charge in [0.1, 0.15) is 0 Å². The quantitative estimate of drug-likeness (QED) is 0.862. The third-order valence-corrected chi connectivity index (χ3v) is 2.99. The van der Waals surface area contributed by atoms with Gasteiger partial charge >= 0.3 is 5.97 Å². The second kappa shape index (κ2) is 5.00. The number of aryl methyl sites for hydroxylation is 1. The van der Waals surface area contributed by atoms with E-state index in [0.717, 1.165) is 30.2 Å². The number of hydrogen-bond acceptors (Lipinski definition) is 1. The second-order valence-corrected chi connectivity index (χ2v) is 4.27. The maximum absolute atomic E-state index is 11.1. The van der Waals surface area contributed by atoms with E-state index in [1.807, 2.05) is 18.2 Å². The fraction of sp³-hybridized carbons (Fsp3) is 0.267. The largest absolute Gasteiger partial charge is 0.478 e. The lowest BCUT2D eigenvalue weighted by atomic mass is 9.97. The van der Waals surface area contributed by atoms with E-state index in [0.29, 0.717) is 5.56 Å². The summed E-state index contributed by atoms with van der Waals surface area (Å²) < 4.78 is 0. The summed E-state index contributed by atoms with van der Waals surface area (Å²) in [5.41, 5.74) is 1.53. The van der Waals surface area contributed by atoms with Crippen molar-refractivity contribution in [3.8, 4) is 0 Å². The van der Waals surface area contributed by atoms with E-state index in [2.05, 4.69) is 13.0 Å². The van der Waals surface area contributed by atoms with Crippen LogP contribution in [0.4, 0.5) is 0 Å². The van der Waals surface area contributed by atoms with Gasteiger partial charge in [0.25, 0.3) is 0 Å². The molecule has 0 saturated carbocycles. The summed E-state index contributed by atoms with van der Waals surface area (Å²) in [5.74, 6) is -0.853. The minimum absolute atomic E-state index is 0.384. The first-order valence-electron chi connectivity index (χ1n) is 5.97. The van der Waals surface area contributed by atoms with Crippen molar-refractivity contribution in [3.05, 3.63) is 47.5 Å². The first kappa shape index (κ1) is 11.6. The van der Waals surface area contributed by atoms with Gasteiger partial charge in [-0.05, 0) is 41.3 Å². The molecular weight excluding hydrogens is 212 g/mol. The highest BCUT2D eigenvalue weighted by molar-refractivity contribution is 5.96. The van der Waals surface area contributed by atoms with Crippen LogP contribution >= 0.6 is 0 Å². The molecule has 0 radical (unpaired) electrons. The number of carboxylic acids is 1. The summed E-state index contributed by atoms with van der Waals surface area (Å²) in [6.07, 6.45) is 3.15. The van der Waals surface area contributed by atoms with Crippen LogP contribution in [0.25, 0.3) is 10.8 Å². The normalized spacial score (nSPS) is 10.6. The van der Waals surface area contributed by atoms with E-state index in [-0.39, 0.29) is 0 Å². The van der Waals surface area contributed by atoms with Gasteiger partial charge in [-0.1, -0.05) is 37.6 Å². The molecule has 2 aromatic rings. The van der Waals surface area contributed by atoms with E-state index in [1.165, 1.54) is 5.39 Å². The third kappa shape index (κ3) is 2.47. The number of benzene rings is 2. The highest BCUT2D eigenvalue weighted by atomic mass is 16.4. The molecule has 88 valence electrons. The molecule has 17 heavy (non-hydrogen) atoms. The molecule has 0 atom stereocenters. The Labute approximate surface area is 101 Å². The molecule has 0 aliphatic heterocycles. The second-order valence-electron chi connectivity index (χ2n) is 4.27. The number of carboxylic acid groups (broad SMARTS) is 1. The Morgan fingerprint density at radius 3 is 2.71 bits per heavy atom. The van der Waals surface area contributed by atoms with Gasteiger partial charge in [0.2, 0.25) is 0 Å². The zero-order chi connectivity index (χ0) is 12.3. The Bertz CT molecular complexity index is 544. The van der Waals surface area contributed by atoms with Gasteiger partial charge in [0, 0.05) is 0 Å². The summed E-state index contributed by atoms with van der Waals surface area (Å²) in [4.78, 5) is 11.1. The molecule has 0 unspecified atom stereocenters. The van der Waals surface area contributed by atoms with Gasteiger partial charge in [-0.3, -0.25) is 0 Å². The minimum Gasteiger partial charge on any atom is -0.478 e. The summed E-state index contributed by atoms with van der Waals surface area (Å²) in [7, 11) is 0. The molecule has 0 heterocycles. The van der Waals surface area contributed by atoms with Crippen molar-refractivity contribution in [2.45, 2.75) is 26.2 Å². The monoisotopic (exact) mass is 228 g/mol. The zero-order valence-electron chi connectivity index (χ0n) is 9.94. The van der Waals surface area contributed by atoms with Crippen molar-refractivity contribution < 1.29 is 9.90 Å². The molecule has 0 aromatic heterocycles. The van der Waals surface area contributed by atoms with Crippen LogP contribution in [0.3, 0.4) is 0 Å². The number of unbranched alkanes of at least 4 members (excludes halogenated alkanes) is 1. The topological polar surface area (TPSA) is 37.3 Å². The van der Waals surface area contributed by atoms with Crippen LogP contribution in [0.1, 0.15) is 35.7 Å². The van der Waals surface area contributed by atoms with Crippen LogP contribution in [0.5, 0.6) is 0 Å². The fourth-order valence-corrected chi connectivity index (χ4v) is 2.09. The molecule has 2 rings (SSSR count). The van der Waals surface area contributed by atoms with Crippen LogP contribution in [-0.2, 0) is 6.42 Å². The van der Waals surface area contributed by atoms with E-state index >= 15 is 0 Å². The van der Waals surface area contributed by atoms with Crippen molar-refractivity contribution in [1.29, 1.82) is 0 Å². The van der Waals surface area contributed by atoms with Gasteiger partial charge in [0.05, 0.1) is 5.56 Å². The number of hydrogen-bond donors (Lipinski definition) is 1. The van der Waals surface area contributed by atoms with Crippen molar-refractivity contribution in [2.24, 2.45) is 0 Å². The number of carbonyl (C=O) groups is 1. The van der Waals surface area contributed by atoms with Crippen LogP contribution in [0.15, 0.2) is 36.4 Å². The van der Waals surface area contributed by atoms with Gasteiger partial charge < -0.3 is 5.11 Å². The van der Waals surface area contributed by atoms with Gasteiger partial charge in [-0.25, -0.2) is 4.79 Å². The summed E-state index contributed by atoms with van der Waals surface area (Å²) >= 11 is 0. The van der Waals surface area contributed by atoms with Gasteiger partial charge in [0.15, 0.2) is 0 Å². The summed E-state index contributed by atoms with van der Waals surface area (Å²) in [6.45, 7) is 2.14. The molecule has 2 nitrogen and oxygen atoms in total. The predicted octanol–water partition coefficient (Wildman–Crippen LogP) is 3.88. The number of fused-ring (bicyclic) bond motifs is 1. The molecule has 0 aliphatic rings. The first-order chi connectivity index (χ1) is 8.22. The highest BCUT2D eigenvalue weighted by Gasteiger charge is 2.08. The third-order valence-electron chi connectivity index (χ3n) is 2.99. The smallest absolute Gasteiger partial charge is 0.335 e. The van der Waals surface area contributed by atoms with Crippen molar-refractivity contribution in [3.63, 3.8) is 0 Å². The molecule has 0 bridgehead atoms. The Morgan fingerprint density at radius 1 is 1.24 bits per heavy atom. The lowest BCUT2D eigenvalue weighted by molar-refractivity contribution is 0.0697. The Balaban J connectivity index is 2.56. The SMILES string of the molecule is CCCCc1cc(C(=O)O)cc2ccccc12. The molecule has 0 fully saturated rings. The average Bonchev–Trinajstić information content (AvgIpc) is 2.35. The van der Waals surface area contributed by atoms with Gasteiger partial charge in [-0.2, -0.15) is 0 Å². The molecule has 0 aliphatic carbocycles. The van der Waals surface area contributed by atoms with Crippen molar-refractivity contribution in [1.82, 2.24) is 0 Å². The van der Waals surface area contributed by atoms with Gasteiger partial charge in [-0.15, -0.1) is 0 Å². The molecule has 0 saturated heterocycles. The van der Waals surface area contributed by atoms with Crippen molar-refractivity contribution in [2.75, 3.05) is 0 Å². The lowest BCUT2D eigenvalue weighted by Crippen LogP contribution is -1.98. The van der Waals surface area contributed by atoms with E-state index in [1.54, 1.807) is 12.1 Å². The highest BCUT2D eigenvalue weighted by Crippen LogP contribution is 2.22. The zero-order valence-corrected chi connectivity index (χ0v) is 9.94. The first-order valence-corrected chi connectivity index (χ1v) is 5.97. The standard InChI is InChI=1S/C15H16O2/c1-2-3-6-11-9-13(15(16)17)10-12-7-4-5-8-14(11)12/h4-5,7-10H,2-3,6H2,1H3,(H,16,17). The summed E-state index contributed by atoms with van der Waals surface area (Å²) in [6, 6.07) is 11.5. The maximum atomic E-state index is 11.1. The lowest BCUT2D eigenvalue weighted by Gasteiger charge is -2.08.